The van der Waals surface area contributed by atoms with Gasteiger partial charge in [-0.2, -0.15) is 0 Å². The van der Waals surface area contributed by atoms with Crippen molar-refractivity contribution in [2.45, 2.75) is 0 Å². The van der Waals surface area contributed by atoms with E-state index >= 15 is 0 Å². The van der Waals surface area contributed by atoms with Gasteiger partial charge in [-0.05, 0) is 40.2 Å². The van der Waals surface area contributed by atoms with E-state index in [1.54, 1.807) is 6.20 Å². The molecule has 0 saturated carbocycles. The van der Waals surface area contributed by atoms with Crippen LogP contribution < -0.4 is 4.74 Å². The summed E-state index contributed by atoms with van der Waals surface area (Å²) in [7, 11) is 0. The van der Waals surface area contributed by atoms with Gasteiger partial charge in [0.05, 0.1) is 6.20 Å². The Hall–Kier alpha value is -1.35. The van der Waals surface area contributed by atoms with Crippen molar-refractivity contribution in [3.63, 3.8) is 0 Å². The molecule has 0 aliphatic heterocycles. The van der Waals surface area contributed by atoms with Gasteiger partial charge in [-0.15, -0.1) is 0 Å². The second-order valence-electron chi connectivity index (χ2n) is 2.73. The zero-order valence-electron chi connectivity index (χ0n) is 7.35. The molecule has 0 spiro atoms. The van der Waals surface area contributed by atoms with Crippen LogP contribution in [-0.4, -0.2) is 4.98 Å². The second kappa shape index (κ2) is 4.24. The molecule has 2 rings (SSSR count). The van der Waals surface area contributed by atoms with Gasteiger partial charge in [0.2, 0.25) is 0 Å². The molecule has 0 bridgehead atoms. The highest BCUT2D eigenvalue weighted by Crippen LogP contribution is 2.20. The molecule has 0 aliphatic rings. The molecule has 0 amide bonds. The Bertz CT molecular complexity index is 399. The Labute approximate surface area is 90.7 Å². The molecule has 70 valence electrons. The summed E-state index contributed by atoms with van der Waals surface area (Å²) in [5.41, 5.74) is 0. The lowest BCUT2D eigenvalue weighted by molar-refractivity contribution is 0.480. The second-order valence-corrected chi connectivity index (χ2v) is 3.54. The first kappa shape index (κ1) is 9.21. The largest absolute Gasteiger partial charge is 0.456 e. The van der Waals surface area contributed by atoms with Crippen molar-refractivity contribution in [2.24, 2.45) is 0 Å². The summed E-state index contributed by atoms with van der Waals surface area (Å²) in [4.78, 5) is 4.07. The van der Waals surface area contributed by atoms with Gasteiger partial charge >= 0.3 is 0 Å². The van der Waals surface area contributed by atoms with Gasteiger partial charge in [-0.1, -0.05) is 18.2 Å². The van der Waals surface area contributed by atoms with Crippen LogP contribution in [0.4, 0.5) is 0 Å². The fourth-order valence-corrected chi connectivity index (χ4v) is 1.28. The lowest BCUT2D eigenvalue weighted by Crippen LogP contribution is -1.84. The van der Waals surface area contributed by atoms with Crippen LogP contribution in [0.5, 0.6) is 11.5 Å². The van der Waals surface area contributed by atoms with Gasteiger partial charge in [0.25, 0.3) is 0 Å². The number of aromatic nitrogens is 1. The number of halogens is 1. The number of rotatable bonds is 2. The Balaban J connectivity index is 2.16. The highest BCUT2D eigenvalue weighted by molar-refractivity contribution is 9.10. The van der Waals surface area contributed by atoms with Gasteiger partial charge < -0.3 is 4.74 Å². The van der Waals surface area contributed by atoms with Crippen LogP contribution in [0.1, 0.15) is 0 Å². The molecule has 14 heavy (non-hydrogen) atoms. The SMILES string of the molecule is Brc1ccc(Oc2ccccc2)cn1. The maximum atomic E-state index is 5.55. The minimum Gasteiger partial charge on any atom is -0.456 e. The van der Waals surface area contributed by atoms with E-state index in [1.165, 1.54) is 0 Å². The van der Waals surface area contributed by atoms with Crippen LogP contribution in [0.25, 0.3) is 0 Å². The molecule has 0 unspecified atom stereocenters. The summed E-state index contributed by atoms with van der Waals surface area (Å²) in [6, 6.07) is 13.3. The van der Waals surface area contributed by atoms with Gasteiger partial charge in [0.15, 0.2) is 0 Å². The van der Waals surface area contributed by atoms with Crippen molar-refractivity contribution in [1.29, 1.82) is 0 Å². The molecule has 2 nitrogen and oxygen atoms in total. The van der Waals surface area contributed by atoms with Crippen LogP contribution in [0.15, 0.2) is 53.3 Å². The molecule has 0 N–H and O–H groups in total. The van der Waals surface area contributed by atoms with Crippen molar-refractivity contribution in [1.82, 2.24) is 4.98 Å². The maximum Gasteiger partial charge on any atom is 0.145 e. The highest BCUT2D eigenvalue weighted by atomic mass is 79.9. The van der Waals surface area contributed by atoms with E-state index in [1.807, 2.05) is 42.5 Å². The third-order valence-electron chi connectivity index (χ3n) is 1.68. The molecule has 0 atom stereocenters. The lowest BCUT2D eigenvalue weighted by Gasteiger charge is -2.03. The van der Waals surface area contributed by atoms with Crippen LogP contribution in [-0.2, 0) is 0 Å². The molecule has 0 radical (unpaired) electrons. The number of ether oxygens (including phenoxy) is 1. The number of benzene rings is 1. The first-order valence-corrected chi connectivity index (χ1v) is 4.98. The first-order valence-electron chi connectivity index (χ1n) is 4.19. The van der Waals surface area contributed by atoms with E-state index in [-0.39, 0.29) is 0 Å². The molecular formula is C11H8BrNO. The van der Waals surface area contributed by atoms with Crippen LogP contribution in [0.2, 0.25) is 0 Å². The molecule has 1 heterocycles. The number of pyridine rings is 1. The monoisotopic (exact) mass is 249 g/mol. The van der Waals surface area contributed by atoms with E-state index in [0.29, 0.717) is 0 Å². The van der Waals surface area contributed by atoms with Crippen molar-refractivity contribution in [3.8, 4) is 11.5 Å². The molecule has 1 aromatic heterocycles. The molecule has 2 aromatic rings. The number of hydrogen-bond donors (Lipinski definition) is 0. The zero-order chi connectivity index (χ0) is 9.80. The predicted molar refractivity (Wildman–Crippen MR) is 58.5 cm³/mol. The average molecular weight is 250 g/mol. The van der Waals surface area contributed by atoms with Gasteiger partial charge in [0.1, 0.15) is 16.1 Å². The highest BCUT2D eigenvalue weighted by Gasteiger charge is 1.95. The third-order valence-corrected chi connectivity index (χ3v) is 2.15. The Morgan fingerprint density at radius 2 is 1.71 bits per heavy atom. The molecule has 0 saturated heterocycles. The van der Waals surface area contributed by atoms with E-state index < -0.39 is 0 Å². The van der Waals surface area contributed by atoms with Gasteiger partial charge in [0, 0.05) is 0 Å². The van der Waals surface area contributed by atoms with E-state index in [9.17, 15) is 0 Å². The minimum absolute atomic E-state index is 0.736. The van der Waals surface area contributed by atoms with Crippen molar-refractivity contribution in [3.05, 3.63) is 53.3 Å². The van der Waals surface area contributed by atoms with Gasteiger partial charge in [-0.25, -0.2) is 4.98 Å². The Morgan fingerprint density at radius 1 is 0.929 bits per heavy atom. The number of para-hydroxylation sites is 1. The summed E-state index contributed by atoms with van der Waals surface area (Å²) < 4.78 is 6.35. The summed E-state index contributed by atoms with van der Waals surface area (Å²) in [6.07, 6.45) is 1.68. The molecule has 0 aliphatic carbocycles. The summed E-state index contributed by atoms with van der Waals surface area (Å²) in [5.74, 6) is 1.55. The van der Waals surface area contributed by atoms with Crippen LogP contribution >= 0.6 is 15.9 Å². The van der Waals surface area contributed by atoms with E-state index in [4.69, 9.17) is 4.74 Å². The third kappa shape index (κ3) is 2.33. The normalized spacial score (nSPS) is 9.79. The first-order chi connectivity index (χ1) is 6.84. The quantitative estimate of drug-likeness (QED) is 0.759. The summed E-state index contributed by atoms with van der Waals surface area (Å²) in [5, 5.41) is 0. The van der Waals surface area contributed by atoms with Crippen LogP contribution in [0.3, 0.4) is 0 Å². The van der Waals surface area contributed by atoms with Crippen molar-refractivity contribution < 1.29 is 4.74 Å². The maximum absolute atomic E-state index is 5.55. The summed E-state index contributed by atoms with van der Waals surface area (Å²) in [6.45, 7) is 0. The van der Waals surface area contributed by atoms with Gasteiger partial charge in [-0.3, -0.25) is 0 Å². The minimum atomic E-state index is 0.736. The zero-order valence-corrected chi connectivity index (χ0v) is 8.94. The van der Waals surface area contributed by atoms with E-state index in [2.05, 4.69) is 20.9 Å². The fourth-order valence-electron chi connectivity index (χ4n) is 1.05. The lowest BCUT2D eigenvalue weighted by atomic mass is 10.3. The molecule has 1 aromatic carbocycles. The predicted octanol–water partition coefficient (Wildman–Crippen LogP) is 3.64. The number of hydrogen-bond acceptors (Lipinski definition) is 2. The van der Waals surface area contributed by atoms with E-state index in [0.717, 1.165) is 16.1 Å². The van der Waals surface area contributed by atoms with Crippen molar-refractivity contribution in [2.75, 3.05) is 0 Å². The fraction of sp³-hybridized carbons (Fsp3) is 0. The molecule has 0 fully saturated rings. The smallest absolute Gasteiger partial charge is 0.145 e. The Morgan fingerprint density at radius 3 is 2.36 bits per heavy atom. The molecular weight excluding hydrogens is 242 g/mol. The standard InChI is InChI=1S/C11H8BrNO/c12-11-7-6-10(8-13-11)14-9-4-2-1-3-5-9/h1-8H. The Kier molecular flexibility index (Phi) is 2.79. The molecule has 3 heteroatoms. The van der Waals surface area contributed by atoms with Crippen molar-refractivity contribution >= 4 is 15.9 Å². The summed E-state index contributed by atoms with van der Waals surface area (Å²) >= 11 is 3.26. The topological polar surface area (TPSA) is 22.1 Å². The van der Waals surface area contributed by atoms with Crippen LogP contribution in [0, 0.1) is 0 Å². The number of nitrogens with zero attached hydrogens (tertiary/aromatic N) is 1. The average Bonchev–Trinajstić information content (AvgIpc) is 2.23.